The number of aliphatic hydroxyl groups is 1. The van der Waals surface area contributed by atoms with Crippen molar-refractivity contribution in [3.63, 3.8) is 0 Å². The predicted molar refractivity (Wildman–Crippen MR) is 69.8 cm³/mol. The smallest absolute Gasteiger partial charge is 0.146 e. The van der Waals surface area contributed by atoms with Crippen molar-refractivity contribution in [2.75, 3.05) is 11.9 Å². The highest BCUT2D eigenvalue weighted by molar-refractivity contribution is 5.56. The Labute approximate surface area is 103 Å². The van der Waals surface area contributed by atoms with Crippen molar-refractivity contribution >= 4 is 5.69 Å². The van der Waals surface area contributed by atoms with Gasteiger partial charge in [-0.05, 0) is 25.8 Å². The first-order chi connectivity index (χ1) is 8.02. The molecular weight excluding hydrogens is 217 g/mol. The molecule has 1 rings (SSSR count). The molecule has 1 aromatic carbocycles. The van der Waals surface area contributed by atoms with Gasteiger partial charge in [0, 0.05) is 18.7 Å². The molecule has 0 heterocycles. The molecule has 2 nitrogen and oxygen atoms in total. The lowest BCUT2D eigenvalue weighted by atomic mass is 10.0. The number of hydrogen-bond acceptors (Lipinski definition) is 2. The maximum Gasteiger partial charge on any atom is 0.146 e. The van der Waals surface area contributed by atoms with Crippen LogP contribution < -0.4 is 4.90 Å². The molecule has 0 fully saturated rings. The van der Waals surface area contributed by atoms with E-state index in [4.69, 9.17) is 0 Å². The van der Waals surface area contributed by atoms with Crippen molar-refractivity contribution in [2.24, 2.45) is 0 Å². The van der Waals surface area contributed by atoms with Crippen LogP contribution in [0.4, 0.5) is 10.1 Å². The second-order valence-electron chi connectivity index (χ2n) is 4.43. The van der Waals surface area contributed by atoms with Gasteiger partial charge in [-0.2, -0.15) is 0 Å². The first kappa shape index (κ1) is 14.0. The molecule has 0 saturated carbocycles. The van der Waals surface area contributed by atoms with Crippen molar-refractivity contribution in [1.29, 1.82) is 0 Å². The molecule has 0 aromatic heterocycles. The summed E-state index contributed by atoms with van der Waals surface area (Å²) in [5.74, 6) is -0.266. The lowest BCUT2D eigenvalue weighted by molar-refractivity contribution is 0.199. The van der Waals surface area contributed by atoms with E-state index >= 15 is 0 Å². The number of anilines is 1. The Bertz CT molecular complexity index is 361. The SMILES string of the molecule is CCC(CC)N(C)c1c(F)cccc1[C@H](C)O. The summed E-state index contributed by atoms with van der Waals surface area (Å²) in [6.07, 6.45) is 1.26. The van der Waals surface area contributed by atoms with Crippen LogP contribution >= 0.6 is 0 Å². The highest BCUT2D eigenvalue weighted by Crippen LogP contribution is 2.30. The highest BCUT2D eigenvalue weighted by atomic mass is 19.1. The minimum atomic E-state index is -0.655. The number of benzene rings is 1. The van der Waals surface area contributed by atoms with Gasteiger partial charge < -0.3 is 10.0 Å². The van der Waals surface area contributed by atoms with Crippen molar-refractivity contribution in [3.8, 4) is 0 Å². The Hall–Kier alpha value is -1.09. The Morgan fingerprint density at radius 1 is 1.29 bits per heavy atom. The van der Waals surface area contributed by atoms with Gasteiger partial charge in [0.1, 0.15) is 5.82 Å². The van der Waals surface area contributed by atoms with E-state index in [1.807, 2.05) is 11.9 Å². The normalized spacial score (nSPS) is 12.9. The monoisotopic (exact) mass is 239 g/mol. The van der Waals surface area contributed by atoms with Crippen LogP contribution in [-0.2, 0) is 0 Å². The van der Waals surface area contributed by atoms with E-state index < -0.39 is 6.10 Å². The van der Waals surface area contributed by atoms with E-state index in [9.17, 15) is 9.50 Å². The minimum absolute atomic E-state index is 0.266. The first-order valence-corrected chi connectivity index (χ1v) is 6.22. The summed E-state index contributed by atoms with van der Waals surface area (Å²) >= 11 is 0. The summed E-state index contributed by atoms with van der Waals surface area (Å²) < 4.78 is 13.9. The number of hydrogen-bond donors (Lipinski definition) is 1. The van der Waals surface area contributed by atoms with Crippen molar-refractivity contribution in [2.45, 2.75) is 45.8 Å². The predicted octanol–water partition coefficient (Wildman–Crippen LogP) is 3.50. The average Bonchev–Trinajstić information content (AvgIpc) is 2.29. The van der Waals surface area contributed by atoms with Gasteiger partial charge in [0.15, 0.2) is 0 Å². The standard InChI is InChI=1S/C14H22FNO/c1-5-11(6-2)16(4)14-12(10(3)17)8-7-9-13(14)15/h7-11,17H,5-6H2,1-4H3/t10-/m0/s1. The number of para-hydroxylation sites is 1. The van der Waals surface area contributed by atoms with E-state index in [2.05, 4.69) is 13.8 Å². The van der Waals surface area contributed by atoms with Gasteiger partial charge in [-0.25, -0.2) is 4.39 Å². The molecule has 96 valence electrons. The number of nitrogens with zero attached hydrogens (tertiary/aromatic N) is 1. The van der Waals surface area contributed by atoms with Crippen molar-refractivity contribution in [1.82, 2.24) is 0 Å². The van der Waals surface area contributed by atoms with E-state index in [1.165, 1.54) is 6.07 Å². The Balaban J connectivity index is 3.19. The number of rotatable bonds is 5. The van der Waals surface area contributed by atoms with Gasteiger partial charge in [0.2, 0.25) is 0 Å². The topological polar surface area (TPSA) is 23.5 Å². The molecule has 0 aliphatic rings. The molecule has 0 radical (unpaired) electrons. The summed E-state index contributed by atoms with van der Waals surface area (Å²) in [4.78, 5) is 1.94. The first-order valence-electron chi connectivity index (χ1n) is 6.22. The minimum Gasteiger partial charge on any atom is -0.389 e. The van der Waals surface area contributed by atoms with Crippen LogP contribution in [0.15, 0.2) is 18.2 Å². The van der Waals surface area contributed by atoms with E-state index in [0.717, 1.165) is 12.8 Å². The maximum atomic E-state index is 13.9. The number of aliphatic hydroxyl groups excluding tert-OH is 1. The van der Waals surface area contributed by atoms with Crippen LogP contribution in [0.3, 0.4) is 0 Å². The molecule has 0 aliphatic carbocycles. The molecule has 0 amide bonds. The molecule has 0 spiro atoms. The summed E-state index contributed by atoms with van der Waals surface area (Å²) in [6.45, 7) is 5.85. The zero-order valence-corrected chi connectivity index (χ0v) is 11.1. The maximum absolute atomic E-state index is 13.9. The van der Waals surface area contributed by atoms with E-state index in [-0.39, 0.29) is 5.82 Å². The zero-order valence-electron chi connectivity index (χ0n) is 11.1. The zero-order chi connectivity index (χ0) is 13.0. The van der Waals surface area contributed by atoms with E-state index in [1.54, 1.807) is 19.1 Å². The summed E-state index contributed by atoms with van der Waals surface area (Å²) in [7, 11) is 1.89. The summed E-state index contributed by atoms with van der Waals surface area (Å²) in [5, 5.41) is 9.71. The van der Waals surface area contributed by atoms with Crippen molar-refractivity contribution < 1.29 is 9.50 Å². The third-order valence-electron chi connectivity index (χ3n) is 3.31. The van der Waals surface area contributed by atoms with Gasteiger partial charge in [-0.3, -0.25) is 0 Å². The molecular formula is C14H22FNO. The molecule has 0 saturated heterocycles. The van der Waals surface area contributed by atoms with Gasteiger partial charge in [0.25, 0.3) is 0 Å². The Morgan fingerprint density at radius 3 is 2.35 bits per heavy atom. The van der Waals surface area contributed by atoms with Crippen LogP contribution in [-0.4, -0.2) is 18.2 Å². The molecule has 3 heteroatoms. The van der Waals surface area contributed by atoms with Gasteiger partial charge in [0.05, 0.1) is 11.8 Å². The summed E-state index contributed by atoms with van der Waals surface area (Å²) in [5.41, 5.74) is 1.18. The molecule has 1 aromatic rings. The van der Waals surface area contributed by atoms with Crippen molar-refractivity contribution in [3.05, 3.63) is 29.6 Å². The molecule has 0 unspecified atom stereocenters. The van der Waals surface area contributed by atoms with Crippen LogP contribution in [0.1, 0.15) is 45.3 Å². The fourth-order valence-corrected chi connectivity index (χ4v) is 2.26. The molecule has 17 heavy (non-hydrogen) atoms. The Kier molecular flexibility index (Phi) is 4.94. The van der Waals surface area contributed by atoms with E-state index in [0.29, 0.717) is 17.3 Å². The molecule has 1 atom stereocenters. The fourth-order valence-electron chi connectivity index (χ4n) is 2.26. The lowest BCUT2D eigenvalue weighted by Crippen LogP contribution is -2.32. The molecule has 1 N–H and O–H groups in total. The van der Waals surface area contributed by atoms with Gasteiger partial charge >= 0.3 is 0 Å². The van der Waals surface area contributed by atoms with Gasteiger partial charge in [-0.15, -0.1) is 0 Å². The third kappa shape index (κ3) is 2.97. The quantitative estimate of drug-likeness (QED) is 0.850. The molecule has 0 aliphatic heterocycles. The van der Waals surface area contributed by atoms with Crippen LogP contribution in [0.5, 0.6) is 0 Å². The van der Waals surface area contributed by atoms with Gasteiger partial charge in [-0.1, -0.05) is 26.0 Å². The second kappa shape index (κ2) is 6.01. The molecule has 0 bridgehead atoms. The fraction of sp³-hybridized carbons (Fsp3) is 0.571. The largest absolute Gasteiger partial charge is 0.389 e. The van der Waals surface area contributed by atoms with Crippen LogP contribution in [0, 0.1) is 5.82 Å². The van der Waals surface area contributed by atoms with Crippen LogP contribution in [0.2, 0.25) is 0 Å². The Morgan fingerprint density at radius 2 is 1.88 bits per heavy atom. The average molecular weight is 239 g/mol. The third-order valence-corrected chi connectivity index (χ3v) is 3.31. The highest BCUT2D eigenvalue weighted by Gasteiger charge is 2.20. The van der Waals surface area contributed by atoms with Crippen LogP contribution in [0.25, 0.3) is 0 Å². The lowest BCUT2D eigenvalue weighted by Gasteiger charge is -2.31. The second-order valence-corrected chi connectivity index (χ2v) is 4.43. The number of halogens is 1. The summed E-state index contributed by atoms with van der Waals surface area (Å²) in [6, 6.07) is 5.16.